The van der Waals surface area contributed by atoms with E-state index in [9.17, 15) is 0 Å². The van der Waals surface area contributed by atoms with Gasteiger partial charge in [0.05, 0.1) is 5.39 Å². The Hall–Kier alpha value is -1.20. The number of aromatic nitrogens is 2. The third-order valence-corrected chi connectivity index (χ3v) is 4.22. The summed E-state index contributed by atoms with van der Waals surface area (Å²) >= 11 is 1.69. The maximum absolute atomic E-state index is 6.06. The lowest BCUT2D eigenvalue weighted by Gasteiger charge is -2.19. The molecule has 2 heterocycles. The van der Waals surface area contributed by atoms with Gasteiger partial charge in [0, 0.05) is 11.5 Å². The van der Waals surface area contributed by atoms with Crippen molar-refractivity contribution >= 4 is 27.4 Å². The summed E-state index contributed by atoms with van der Waals surface area (Å²) < 4.78 is 5.75. The van der Waals surface area contributed by atoms with Gasteiger partial charge in [-0.25, -0.2) is 9.97 Å². The summed E-state index contributed by atoms with van der Waals surface area (Å²) in [5, 5.41) is 0.963. The molecule has 4 nitrogen and oxygen atoms in total. The zero-order valence-electron chi connectivity index (χ0n) is 11.9. The van der Waals surface area contributed by atoms with Crippen LogP contribution < -0.4 is 5.73 Å². The first kappa shape index (κ1) is 14.2. The lowest BCUT2D eigenvalue weighted by Crippen LogP contribution is -2.15. The predicted octanol–water partition coefficient (Wildman–Crippen LogP) is 3.57. The van der Waals surface area contributed by atoms with Crippen LogP contribution in [0.5, 0.6) is 0 Å². The smallest absolute Gasteiger partial charge is 0.161 e. The molecule has 5 heteroatoms. The number of nitrogens with zero attached hydrogens (tertiary/aromatic N) is 2. The normalized spacial score (nSPS) is 13.3. The molecule has 0 aliphatic carbocycles. The van der Waals surface area contributed by atoms with Crippen LogP contribution in [0.3, 0.4) is 0 Å². The molecule has 2 aromatic heterocycles. The van der Waals surface area contributed by atoms with Gasteiger partial charge in [0.25, 0.3) is 0 Å². The highest BCUT2D eigenvalue weighted by atomic mass is 32.1. The van der Waals surface area contributed by atoms with Crippen molar-refractivity contribution in [3.8, 4) is 0 Å². The van der Waals surface area contributed by atoms with Crippen molar-refractivity contribution in [1.29, 1.82) is 0 Å². The summed E-state index contributed by atoms with van der Waals surface area (Å²) in [5.41, 5.74) is 6.06. The summed E-state index contributed by atoms with van der Waals surface area (Å²) in [6.07, 6.45) is 0.901. The Balaban J connectivity index is 2.49. The van der Waals surface area contributed by atoms with E-state index in [4.69, 9.17) is 10.5 Å². The number of thiophene rings is 1. The van der Waals surface area contributed by atoms with E-state index >= 15 is 0 Å². The quantitative estimate of drug-likeness (QED) is 0.909. The summed E-state index contributed by atoms with van der Waals surface area (Å²) in [5.74, 6) is 1.58. The second-order valence-electron chi connectivity index (χ2n) is 4.87. The van der Waals surface area contributed by atoms with E-state index in [-0.39, 0.29) is 6.10 Å². The van der Waals surface area contributed by atoms with E-state index in [0.717, 1.165) is 16.6 Å². The Kier molecular flexibility index (Phi) is 4.37. The molecule has 104 valence electrons. The van der Waals surface area contributed by atoms with E-state index in [0.29, 0.717) is 24.2 Å². The topological polar surface area (TPSA) is 61.0 Å². The van der Waals surface area contributed by atoms with Crippen molar-refractivity contribution in [2.24, 2.45) is 5.92 Å². The first-order valence-electron chi connectivity index (χ1n) is 6.74. The summed E-state index contributed by atoms with van der Waals surface area (Å²) in [6.45, 7) is 8.98. The Labute approximate surface area is 118 Å². The van der Waals surface area contributed by atoms with Gasteiger partial charge < -0.3 is 10.5 Å². The number of nitrogens with two attached hydrogens (primary N) is 1. The molecule has 1 unspecified atom stereocenters. The molecule has 0 saturated heterocycles. The molecule has 2 aromatic rings. The van der Waals surface area contributed by atoms with Gasteiger partial charge in [0.2, 0.25) is 0 Å². The van der Waals surface area contributed by atoms with Gasteiger partial charge in [-0.05, 0) is 25.3 Å². The average molecular weight is 279 g/mol. The highest BCUT2D eigenvalue weighted by Crippen LogP contribution is 2.31. The first-order chi connectivity index (χ1) is 9.06. The molecule has 0 radical (unpaired) electrons. The van der Waals surface area contributed by atoms with Crippen molar-refractivity contribution in [2.45, 2.75) is 40.2 Å². The summed E-state index contributed by atoms with van der Waals surface area (Å²) in [7, 11) is 0. The second kappa shape index (κ2) is 5.84. The van der Waals surface area contributed by atoms with Gasteiger partial charge in [0.1, 0.15) is 16.8 Å². The first-order valence-corrected chi connectivity index (χ1v) is 7.55. The fourth-order valence-electron chi connectivity index (χ4n) is 2.06. The molecule has 1 atom stereocenters. The van der Waals surface area contributed by atoms with Crippen LogP contribution in [-0.2, 0) is 11.2 Å². The molecule has 2 rings (SSSR count). The van der Waals surface area contributed by atoms with Crippen LogP contribution in [0.1, 0.15) is 44.5 Å². The third-order valence-electron chi connectivity index (χ3n) is 3.05. The number of fused-ring (bicyclic) bond motifs is 1. The molecule has 0 aliphatic rings. The van der Waals surface area contributed by atoms with Gasteiger partial charge in [-0.3, -0.25) is 0 Å². The number of anilines is 1. The van der Waals surface area contributed by atoms with Crippen molar-refractivity contribution < 1.29 is 4.74 Å². The fourth-order valence-corrected chi connectivity index (χ4v) is 3.04. The van der Waals surface area contributed by atoms with Crippen LogP contribution in [0.2, 0.25) is 0 Å². The largest absolute Gasteiger partial charge is 0.383 e. The molecule has 19 heavy (non-hydrogen) atoms. The van der Waals surface area contributed by atoms with E-state index in [1.165, 1.54) is 4.88 Å². The average Bonchev–Trinajstić information content (AvgIpc) is 2.79. The van der Waals surface area contributed by atoms with Crippen LogP contribution in [0.25, 0.3) is 10.2 Å². The van der Waals surface area contributed by atoms with Crippen LogP contribution in [0.4, 0.5) is 5.82 Å². The third kappa shape index (κ3) is 2.87. The lowest BCUT2D eigenvalue weighted by molar-refractivity contribution is 0.0236. The monoisotopic (exact) mass is 279 g/mol. The highest BCUT2D eigenvalue weighted by Gasteiger charge is 2.21. The molecule has 0 aliphatic heterocycles. The number of hydrogen-bond donors (Lipinski definition) is 1. The van der Waals surface area contributed by atoms with Gasteiger partial charge in [-0.1, -0.05) is 20.8 Å². The Bertz CT molecular complexity index is 565. The number of hydrogen-bond acceptors (Lipinski definition) is 5. The Morgan fingerprint density at radius 3 is 2.63 bits per heavy atom. The van der Waals surface area contributed by atoms with E-state index in [1.807, 2.05) is 6.92 Å². The number of ether oxygens (including phenoxy) is 1. The van der Waals surface area contributed by atoms with Gasteiger partial charge in [0.15, 0.2) is 5.82 Å². The van der Waals surface area contributed by atoms with Crippen LogP contribution >= 0.6 is 11.3 Å². The molecule has 0 aromatic carbocycles. The van der Waals surface area contributed by atoms with Crippen molar-refractivity contribution in [3.63, 3.8) is 0 Å². The Morgan fingerprint density at radius 2 is 2.05 bits per heavy atom. The zero-order valence-corrected chi connectivity index (χ0v) is 12.8. The standard InChI is InChI=1S/C14H21N3OS/c1-5-9-7-10-12(15)16-13(17-14(10)19-9)11(8(3)4)18-6-2/h7-8,11H,5-6H2,1-4H3,(H2,15,16,17). The fraction of sp³-hybridized carbons (Fsp3) is 0.571. The predicted molar refractivity (Wildman–Crippen MR) is 80.4 cm³/mol. The minimum absolute atomic E-state index is 0.0936. The second-order valence-corrected chi connectivity index (χ2v) is 5.99. The van der Waals surface area contributed by atoms with Gasteiger partial charge >= 0.3 is 0 Å². The van der Waals surface area contributed by atoms with Crippen LogP contribution in [-0.4, -0.2) is 16.6 Å². The van der Waals surface area contributed by atoms with Crippen molar-refractivity contribution in [2.75, 3.05) is 12.3 Å². The van der Waals surface area contributed by atoms with Crippen LogP contribution in [0.15, 0.2) is 6.07 Å². The highest BCUT2D eigenvalue weighted by molar-refractivity contribution is 7.18. The molecule has 0 saturated carbocycles. The molecule has 0 bridgehead atoms. The number of nitrogen functional groups attached to an aromatic ring is 1. The number of aryl methyl sites for hydroxylation is 1. The SMILES string of the molecule is CCOC(c1nc(N)c2cc(CC)sc2n1)C(C)C. The molecule has 0 amide bonds. The molecule has 0 fully saturated rings. The zero-order chi connectivity index (χ0) is 14.0. The Morgan fingerprint density at radius 1 is 1.32 bits per heavy atom. The maximum atomic E-state index is 6.06. The van der Waals surface area contributed by atoms with E-state index < -0.39 is 0 Å². The van der Waals surface area contributed by atoms with E-state index in [1.54, 1.807) is 11.3 Å². The minimum atomic E-state index is -0.0936. The molecular formula is C14H21N3OS. The number of rotatable bonds is 5. The maximum Gasteiger partial charge on any atom is 0.161 e. The summed E-state index contributed by atoms with van der Waals surface area (Å²) in [6, 6.07) is 2.09. The van der Waals surface area contributed by atoms with Crippen LogP contribution in [0, 0.1) is 5.92 Å². The lowest BCUT2D eigenvalue weighted by atomic mass is 10.1. The van der Waals surface area contributed by atoms with E-state index in [2.05, 4.69) is 36.8 Å². The minimum Gasteiger partial charge on any atom is -0.383 e. The molecular weight excluding hydrogens is 258 g/mol. The molecule has 2 N–H and O–H groups in total. The summed E-state index contributed by atoms with van der Waals surface area (Å²) in [4.78, 5) is 11.3. The molecule has 0 spiro atoms. The van der Waals surface area contributed by atoms with Gasteiger partial charge in [-0.15, -0.1) is 11.3 Å². The van der Waals surface area contributed by atoms with Crippen molar-refractivity contribution in [3.05, 3.63) is 16.8 Å². The van der Waals surface area contributed by atoms with Gasteiger partial charge in [-0.2, -0.15) is 0 Å². The van der Waals surface area contributed by atoms with Crippen molar-refractivity contribution in [1.82, 2.24) is 9.97 Å².